The number of hydrogen-bond donors (Lipinski definition) is 1. The third-order valence-corrected chi connectivity index (χ3v) is 4.49. The van der Waals surface area contributed by atoms with Crippen LogP contribution in [-0.4, -0.2) is 27.3 Å². The van der Waals surface area contributed by atoms with Crippen LogP contribution in [0.4, 0.5) is 0 Å². The van der Waals surface area contributed by atoms with E-state index in [0.29, 0.717) is 12.1 Å². The molecule has 0 saturated carbocycles. The Morgan fingerprint density at radius 1 is 1.04 bits per heavy atom. The van der Waals surface area contributed by atoms with Crippen LogP contribution >= 0.6 is 0 Å². The molecule has 1 N–H and O–H groups in total. The molecule has 0 atom stereocenters. The normalized spacial score (nSPS) is 11.2. The first kappa shape index (κ1) is 17.2. The van der Waals surface area contributed by atoms with Crippen molar-refractivity contribution in [1.29, 1.82) is 0 Å². The van der Waals surface area contributed by atoms with Crippen LogP contribution in [0.5, 0.6) is 5.75 Å². The zero-order valence-electron chi connectivity index (χ0n) is 13.1. The number of carbonyl (C=O) groups is 1. The van der Waals surface area contributed by atoms with Crippen molar-refractivity contribution in [2.24, 2.45) is 0 Å². The van der Waals surface area contributed by atoms with Crippen LogP contribution in [0.25, 0.3) is 0 Å². The number of likely N-dealkylation sites (N-methyl/N-ethyl adjacent to an activating group) is 1. The van der Waals surface area contributed by atoms with Gasteiger partial charge in [-0.1, -0.05) is 24.6 Å². The van der Waals surface area contributed by atoms with Crippen molar-refractivity contribution in [2.75, 3.05) is 13.1 Å². The third-order valence-electron chi connectivity index (χ3n) is 3.23. The second-order valence-electron chi connectivity index (χ2n) is 5.08. The Hall–Kier alpha value is -2.18. The van der Waals surface area contributed by atoms with Gasteiger partial charge in [-0.15, -0.1) is 0 Å². The second kappa shape index (κ2) is 7.39. The Labute approximate surface area is 136 Å². The minimum Gasteiger partial charge on any atom is -0.379 e. The summed E-state index contributed by atoms with van der Waals surface area (Å²) in [6, 6.07) is 12.5. The Kier molecular flexibility index (Phi) is 5.52. The van der Waals surface area contributed by atoms with Crippen LogP contribution in [0.2, 0.25) is 0 Å². The fraction of sp³-hybridized carbons (Fsp3) is 0.235. The molecule has 0 aromatic heterocycles. The monoisotopic (exact) mass is 333 g/mol. The molecule has 0 aliphatic rings. The van der Waals surface area contributed by atoms with Gasteiger partial charge in [-0.25, -0.2) is 0 Å². The molecule has 122 valence electrons. The molecule has 6 heteroatoms. The fourth-order valence-electron chi connectivity index (χ4n) is 1.92. The molecule has 2 aromatic rings. The number of Topliss-reactive ketones (excluding diaryl/α,β-unsaturated/α-hetero) is 1. The molecule has 0 aliphatic carbocycles. The molecular formula is C17H19NO4S. The van der Waals surface area contributed by atoms with Gasteiger partial charge in [-0.2, -0.15) is 8.42 Å². The maximum absolute atomic E-state index is 12.2. The lowest BCUT2D eigenvalue weighted by Gasteiger charge is -2.08. The van der Waals surface area contributed by atoms with Crippen molar-refractivity contribution in [1.82, 2.24) is 5.32 Å². The number of nitrogens with one attached hydrogen (secondary N) is 1. The molecular weight excluding hydrogens is 314 g/mol. The largest absolute Gasteiger partial charge is 0.379 e. The number of ketones is 1. The van der Waals surface area contributed by atoms with E-state index >= 15 is 0 Å². The summed E-state index contributed by atoms with van der Waals surface area (Å²) < 4.78 is 29.4. The van der Waals surface area contributed by atoms with Crippen molar-refractivity contribution in [3.63, 3.8) is 0 Å². The van der Waals surface area contributed by atoms with Gasteiger partial charge in [0.1, 0.15) is 10.6 Å². The standard InChI is InChI=1S/C17H19NO4S/c1-3-18-12-17(19)14-6-8-15(9-7-14)22-23(20,21)16-10-4-13(2)5-11-16/h4-11,18H,3,12H2,1-2H3. The van der Waals surface area contributed by atoms with Crippen LogP contribution in [0.1, 0.15) is 22.8 Å². The molecule has 0 aliphatic heterocycles. The highest BCUT2D eigenvalue weighted by Gasteiger charge is 2.16. The quantitative estimate of drug-likeness (QED) is 0.623. The molecule has 0 bridgehead atoms. The Balaban J connectivity index is 2.11. The van der Waals surface area contributed by atoms with E-state index in [1.165, 1.54) is 24.3 Å². The lowest BCUT2D eigenvalue weighted by atomic mass is 10.1. The maximum Gasteiger partial charge on any atom is 0.339 e. The summed E-state index contributed by atoms with van der Waals surface area (Å²) in [5, 5.41) is 2.95. The minimum atomic E-state index is -3.87. The lowest BCUT2D eigenvalue weighted by Crippen LogP contribution is -2.22. The molecule has 0 fully saturated rings. The SMILES string of the molecule is CCNCC(=O)c1ccc(OS(=O)(=O)c2ccc(C)cc2)cc1. The van der Waals surface area contributed by atoms with Gasteiger partial charge in [0.05, 0.1) is 6.54 Å². The van der Waals surface area contributed by atoms with Gasteiger partial charge in [-0.05, 0) is 49.9 Å². The van der Waals surface area contributed by atoms with E-state index in [2.05, 4.69) is 5.32 Å². The second-order valence-corrected chi connectivity index (χ2v) is 6.62. The van der Waals surface area contributed by atoms with E-state index in [0.717, 1.165) is 5.56 Å². The summed E-state index contributed by atoms with van der Waals surface area (Å²) >= 11 is 0. The predicted molar refractivity (Wildman–Crippen MR) is 88.3 cm³/mol. The highest BCUT2D eigenvalue weighted by molar-refractivity contribution is 7.87. The van der Waals surface area contributed by atoms with Crippen LogP contribution in [0.15, 0.2) is 53.4 Å². The maximum atomic E-state index is 12.2. The van der Waals surface area contributed by atoms with E-state index in [-0.39, 0.29) is 23.0 Å². The minimum absolute atomic E-state index is 0.0557. The lowest BCUT2D eigenvalue weighted by molar-refractivity contribution is 0.0992. The van der Waals surface area contributed by atoms with Gasteiger partial charge in [0.2, 0.25) is 0 Å². The number of rotatable bonds is 7. The first-order valence-electron chi connectivity index (χ1n) is 7.27. The van der Waals surface area contributed by atoms with E-state index in [1.54, 1.807) is 24.3 Å². The first-order chi connectivity index (χ1) is 10.9. The third kappa shape index (κ3) is 4.64. The average molecular weight is 333 g/mol. The van der Waals surface area contributed by atoms with Gasteiger partial charge in [0, 0.05) is 5.56 Å². The molecule has 5 nitrogen and oxygen atoms in total. The van der Waals surface area contributed by atoms with Crippen molar-refractivity contribution in [3.8, 4) is 5.75 Å². The average Bonchev–Trinajstić information content (AvgIpc) is 2.53. The van der Waals surface area contributed by atoms with Gasteiger partial charge in [0.15, 0.2) is 5.78 Å². The van der Waals surface area contributed by atoms with E-state index < -0.39 is 10.1 Å². The van der Waals surface area contributed by atoms with Gasteiger partial charge in [0.25, 0.3) is 0 Å². The van der Waals surface area contributed by atoms with E-state index in [9.17, 15) is 13.2 Å². The van der Waals surface area contributed by atoms with Crippen LogP contribution < -0.4 is 9.50 Å². The zero-order valence-corrected chi connectivity index (χ0v) is 13.9. The molecule has 0 unspecified atom stereocenters. The Morgan fingerprint density at radius 3 is 2.22 bits per heavy atom. The zero-order chi connectivity index (χ0) is 16.9. The van der Waals surface area contributed by atoms with Gasteiger partial charge >= 0.3 is 10.1 Å². The van der Waals surface area contributed by atoms with Crippen molar-refractivity contribution >= 4 is 15.9 Å². The molecule has 2 rings (SSSR count). The highest BCUT2D eigenvalue weighted by atomic mass is 32.2. The number of benzene rings is 2. The first-order valence-corrected chi connectivity index (χ1v) is 8.68. The van der Waals surface area contributed by atoms with Gasteiger partial charge < -0.3 is 9.50 Å². The molecule has 23 heavy (non-hydrogen) atoms. The molecule has 2 aromatic carbocycles. The van der Waals surface area contributed by atoms with Crippen LogP contribution in [0.3, 0.4) is 0 Å². The van der Waals surface area contributed by atoms with E-state index in [4.69, 9.17) is 4.18 Å². The number of aryl methyl sites for hydroxylation is 1. The number of carbonyl (C=O) groups excluding carboxylic acids is 1. The molecule has 0 saturated heterocycles. The van der Waals surface area contributed by atoms with Crippen LogP contribution in [0, 0.1) is 6.92 Å². The van der Waals surface area contributed by atoms with E-state index in [1.807, 2.05) is 13.8 Å². The topological polar surface area (TPSA) is 72.5 Å². The summed E-state index contributed by atoms with van der Waals surface area (Å²) in [5.41, 5.74) is 1.47. The van der Waals surface area contributed by atoms with Gasteiger partial charge in [-0.3, -0.25) is 4.79 Å². The van der Waals surface area contributed by atoms with Crippen molar-refractivity contribution < 1.29 is 17.4 Å². The van der Waals surface area contributed by atoms with Crippen LogP contribution in [-0.2, 0) is 10.1 Å². The summed E-state index contributed by atoms with van der Waals surface area (Å²) in [4.78, 5) is 11.9. The highest BCUT2D eigenvalue weighted by Crippen LogP contribution is 2.19. The fourth-order valence-corrected chi connectivity index (χ4v) is 2.85. The Morgan fingerprint density at radius 2 is 1.65 bits per heavy atom. The summed E-state index contributed by atoms with van der Waals surface area (Å²) in [6.07, 6.45) is 0. The van der Waals surface area contributed by atoms with Crippen molar-refractivity contribution in [3.05, 3.63) is 59.7 Å². The molecule has 0 heterocycles. The molecule has 0 amide bonds. The smallest absolute Gasteiger partial charge is 0.339 e. The summed E-state index contributed by atoms with van der Waals surface area (Å²) in [6.45, 7) is 4.75. The number of hydrogen-bond acceptors (Lipinski definition) is 5. The summed E-state index contributed by atoms with van der Waals surface area (Å²) in [7, 11) is -3.87. The Bertz CT molecular complexity index is 765. The predicted octanol–water partition coefficient (Wildman–Crippen LogP) is 2.55. The molecule has 0 spiro atoms. The summed E-state index contributed by atoms with van der Waals surface area (Å²) in [5.74, 6) is 0.116. The molecule has 0 radical (unpaired) electrons. The van der Waals surface area contributed by atoms with Crippen molar-refractivity contribution in [2.45, 2.75) is 18.7 Å².